The van der Waals surface area contributed by atoms with E-state index in [1.165, 1.54) is 24.8 Å². The number of benzene rings is 1. The van der Waals surface area contributed by atoms with Gasteiger partial charge in [0, 0.05) is 6.04 Å². The molecule has 0 aliphatic rings. The first-order chi connectivity index (χ1) is 8.71. The third-order valence-electron chi connectivity index (χ3n) is 3.36. The van der Waals surface area contributed by atoms with Crippen LogP contribution in [-0.2, 0) is 0 Å². The summed E-state index contributed by atoms with van der Waals surface area (Å²) < 4.78 is 5.47. The first kappa shape index (κ1) is 15.0. The summed E-state index contributed by atoms with van der Waals surface area (Å²) in [5.74, 6) is 1.72. The molecule has 2 atom stereocenters. The average molecular weight is 249 g/mol. The molecule has 0 aromatic heterocycles. The van der Waals surface area contributed by atoms with Gasteiger partial charge in [0.2, 0.25) is 0 Å². The van der Waals surface area contributed by atoms with Gasteiger partial charge in [0.25, 0.3) is 0 Å². The smallest absolute Gasteiger partial charge is 0.119 e. The average Bonchev–Trinajstić information content (AvgIpc) is 2.38. The molecule has 18 heavy (non-hydrogen) atoms. The lowest BCUT2D eigenvalue weighted by atomic mass is 9.93. The monoisotopic (exact) mass is 249 g/mol. The lowest BCUT2D eigenvalue weighted by molar-refractivity contribution is 0.340. The molecular formula is C16H27NO. The zero-order chi connectivity index (χ0) is 13.4. The summed E-state index contributed by atoms with van der Waals surface area (Å²) in [6.45, 7) is 7.32. The zero-order valence-corrected chi connectivity index (χ0v) is 12.2. The highest BCUT2D eigenvalue weighted by Gasteiger charge is 2.13. The van der Waals surface area contributed by atoms with Gasteiger partial charge in [-0.3, -0.25) is 0 Å². The minimum absolute atomic E-state index is 0.447. The predicted octanol–water partition coefficient (Wildman–Crippen LogP) is 4.17. The molecule has 102 valence electrons. The van der Waals surface area contributed by atoms with E-state index in [0.717, 1.165) is 18.3 Å². The zero-order valence-electron chi connectivity index (χ0n) is 12.2. The number of rotatable bonds is 8. The molecule has 2 nitrogen and oxygen atoms in total. The first-order valence-corrected chi connectivity index (χ1v) is 7.11. The van der Waals surface area contributed by atoms with Crippen LogP contribution in [0.25, 0.3) is 0 Å². The van der Waals surface area contributed by atoms with E-state index in [1.807, 2.05) is 14.0 Å². The summed E-state index contributed by atoms with van der Waals surface area (Å²) in [6.07, 6.45) is 3.76. The molecule has 1 aromatic rings. The molecule has 0 aliphatic heterocycles. The number of nitrogens with one attached hydrogen (secondary N) is 1. The molecule has 1 rings (SSSR count). The Labute approximate surface area is 112 Å². The lowest BCUT2D eigenvalue weighted by Gasteiger charge is -2.21. The van der Waals surface area contributed by atoms with E-state index in [9.17, 15) is 0 Å². The Morgan fingerprint density at radius 1 is 1.17 bits per heavy atom. The minimum Gasteiger partial charge on any atom is -0.494 e. The molecule has 0 saturated heterocycles. The van der Waals surface area contributed by atoms with Crippen LogP contribution in [0, 0.1) is 5.92 Å². The molecule has 0 saturated carbocycles. The van der Waals surface area contributed by atoms with Crippen LogP contribution in [0.1, 0.15) is 51.6 Å². The maximum atomic E-state index is 5.47. The molecule has 0 radical (unpaired) electrons. The van der Waals surface area contributed by atoms with Gasteiger partial charge in [-0.15, -0.1) is 0 Å². The van der Waals surface area contributed by atoms with E-state index in [-0.39, 0.29) is 0 Å². The molecule has 0 aliphatic carbocycles. The molecule has 1 aromatic carbocycles. The Bertz CT molecular complexity index is 320. The highest BCUT2D eigenvalue weighted by Crippen LogP contribution is 2.25. The van der Waals surface area contributed by atoms with Gasteiger partial charge in [-0.2, -0.15) is 0 Å². The van der Waals surface area contributed by atoms with Crippen molar-refractivity contribution in [2.45, 2.75) is 46.1 Å². The normalized spacial score (nSPS) is 14.2. The summed E-state index contributed by atoms with van der Waals surface area (Å²) in [6, 6.07) is 8.92. The molecule has 0 heterocycles. The van der Waals surface area contributed by atoms with E-state index in [1.54, 1.807) is 0 Å². The second-order valence-corrected chi connectivity index (χ2v) is 4.97. The Morgan fingerprint density at radius 2 is 1.83 bits per heavy atom. The number of hydrogen-bond acceptors (Lipinski definition) is 2. The first-order valence-electron chi connectivity index (χ1n) is 7.11. The maximum absolute atomic E-state index is 5.47. The summed E-state index contributed by atoms with van der Waals surface area (Å²) in [5.41, 5.74) is 1.35. The van der Waals surface area contributed by atoms with E-state index in [4.69, 9.17) is 4.74 Å². The third kappa shape index (κ3) is 4.69. The molecule has 0 fully saturated rings. The Kier molecular flexibility index (Phi) is 6.81. The SMILES string of the molecule is CCCC(C)CC(NC)c1ccc(OCC)cc1. The molecule has 0 bridgehead atoms. The van der Waals surface area contributed by atoms with Crippen molar-refractivity contribution in [1.29, 1.82) is 0 Å². The van der Waals surface area contributed by atoms with E-state index in [0.29, 0.717) is 6.04 Å². The molecule has 2 heteroatoms. The number of ether oxygens (including phenoxy) is 1. The highest BCUT2D eigenvalue weighted by atomic mass is 16.5. The van der Waals surface area contributed by atoms with Crippen LogP contribution in [0.15, 0.2) is 24.3 Å². The van der Waals surface area contributed by atoms with Crippen molar-refractivity contribution in [3.05, 3.63) is 29.8 Å². The topological polar surface area (TPSA) is 21.3 Å². The van der Waals surface area contributed by atoms with Gasteiger partial charge in [0.05, 0.1) is 6.61 Å². The Balaban J connectivity index is 2.63. The van der Waals surface area contributed by atoms with E-state index < -0.39 is 0 Å². The van der Waals surface area contributed by atoms with E-state index >= 15 is 0 Å². The van der Waals surface area contributed by atoms with Gasteiger partial charge >= 0.3 is 0 Å². The van der Waals surface area contributed by atoms with Crippen LogP contribution in [0.5, 0.6) is 5.75 Å². The van der Waals surface area contributed by atoms with Gasteiger partial charge in [-0.05, 0) is 44.0 Å². The Hall–Kier alpha value is -1.02. The maximum Gasteiger partial charge on any atom is 0.119 e. The van der Waals surface area contributed by atoms with Crippen LogP contribution in [0.3, 0.4) is 0 Å². The molecule has 0 spiro atoms. The Morgan fingerprint density at radius 3 is 2.33 bits per heavy atom. The van der Waals surface area contributed by atoms with Gasteiger partial charge in [0.15, 0.2) is 0 Å². The van der Waals surface area contributed by atoms with E-state index in [2.05, 4.69) is 43.4 Å². The largest absolute Gasteiger partial charge is 0.494 e. The van der Waals surface area contributed by atoms with Crippen molar-refractivity contribution >= 4 is 0 Å². The predicted molar refractivity (Wildman–Crippen MR) is 78.1 cm³/mol. The minimum atomic E-state index is 0.447. The standard InChI is InChI=1S/C16H27NO/c1-5-7-13(3)12-16(17-4)14-8-10-15(11-9-14)18-6-2/h8-11,13,16-17H,5-7,12H2,1-4H3. The van der Waals surface area contributed by atoms with Gasteiger partial charge < -0.3 is 10.1 Å². The van der Waals surface area contributed by atoms with Crippen LogP contribution >= 0.6 is 0 Å². The second-order valence-electron chi connectivity index (χ2n) is 4.97. The van der Waals surface area contributed by atoms with Gasteiger partial charge in [-0.1, -0.05) is 38.8 Å². The van der Waals surface area contributed by atoms with Crippen LogP contribution < -0.4 is 10.1 Å². The fourth-order valence-electron chi connectivity index (χ4n) is 2.40. The van der Waals surface area contributed by atoms with Crippen LogP contribution in [0.2, 0.25) is 0 Å². The van der Waals surface area contributed by atoms with Gasteiger partial charge in [0.1, 0.15) is 5.75 Å². The second kappa shape index (κ2) is 8.15. The van der Waals surface area contributed by atoms with Gasteiger partial charge in [-0.25, -0.2) is 0 Å². The van der Waals surface area contributed by atoms with Crippen molar-refractivity contribution in [2.24, 2.45) is 5.92 Å². The van der Waals surface area contributed by atoms with Crippen molar-refractivity contribution in [3.63, 3.8) is 0 Å². The van der Waals surface area contributed by atoms with Crippen LogP contribution in [0.4, 0.5) is 0 Å². The summed E-state index contributed by atoms with van der Waals surface area (Å²) >= 11 is 0. The van der Waals surface area contributed by atoms with Crippen molar-refractivity contribution in [2.75, 3.05) is 13.7 Å². The molecular weight excluding hydrogens is 222 g/mol. The van der Waals surface area contributed by atoms with Crippen molar-refractivity contribution in [1.82, 2.24) is 5.32 Å². The molecule has 0 amide bonds. The van der Waals surface area contributed by atoms with Crippen LogP contribution in [-0.4, -0.2) is 13.7 Å². The van der Waals surface area contributed by atoms with Crippen molar-refractivity contribution in [3.8, 4) is 5.75 Å². The summed E-state index contributed by atoms with van der Waals surface area (Å²) in [4.78, 5) is 0. The third-order valence-corrected chi connectivity index (χ3v) is 3.36. The molecule has 2 unspecified atom stereocenters. The fourth-order valence-corrected chi connectivity index (χ4v) is 2.40. The molecule has 1 N–H and O–H groups in total. The summed E-state index contributed by atoms with van der Waals surface area (Å²) in [5, 5.41) is 3.42. The quantitative estimate of drug-likeness (QED) is 0.746. The lowest BCUT2D eigenvalue weighted by Crippen LogP contribution is -2.19. The fraction of sp³-hybridized carbons (Fsp3) is 0.625. The summed E-state index contributed by atoms with van der Waals surface area (Å²) in [7, 11) is 2.04. The highest BCUT2D eigenvalue weighted by molar-refractivity contribution is 5.29. The number of hydrogen-bond donors (Lipinski definition) is 1. The van der Waals surface area contributed by atoms with Crippen molar-refractivity contribution < 1.29 is 4.74 Å².